The van der Waals surface area contributed by atoms with E-state index in [9.17, 15) is 19.0 Å². The van der Waals surface area contributed by atoms with Gasteiger partial charge in [0, 0.05) is 19.4 Å². The molecular formula is C91H164NO8P. The topological polar surface area (TPSA) is 134 Å². The van der Waals surface area contributed by atoms with Gasteiger partial charge in [-0.1, -0.05) is 425 Å². The van der Waals surface area contributed by atoms with Gasteiger partial charge in [0.1, 0.15) is 6.61 Å². The zero-order chi connectivity index (χ0) is 72.9. The molecular weight excluding hydrogens is 1270 g/mol. The van der Waals surface area contributed by atoms with Gasteiger partial charge in [-0.2, -0.15) is 0 Å². The molecule has 0 saturated heterocycles. The van der Waals surface area contributed by atoms with Crippen LogP contribution in [0.15, 0.2) is 109 Å². The lowest BCUT2D eigenvalue weighted by Gasteiger charge is -2.19. The van der Waals surface area contributed by atoms with Gasteiger partial charge in [-0.3, -0.25) is 18.6 Å². The molecule has 0 aliphatic heterocycles. The van der Waals surface area contributed by atoms with E-state index in [4.69, 9.17) is 24.3 Å². The monoisotopic (exact) mass is 1430 g/mol. The molecule has 0 radical (unpaired) electrons. The van der Waals surface area contributed by atoms with Gasteiger partial charge in [0.15, 0.2) is 6.10 Å². The van der Waals surface area contributed by atoms with Crippen molar-refractivity contribution in [1.29, 1.82) is 0 Å². The average Bonchev–Trinajstić information content (AvgIpc) is 1.04. The molecule has 0 fully saturated rings. The number of rotatable bonds is 82. The first kappa shape index (κ1) is 97.7. The zero-order valence-corrected chi connectivity index (χ0v) is 67.3. The molecule has 0 saturated carbocycles. The average molecular weight is 1430 g/mol. The molecule has 0 aromatic heterocycles. The van der Waals surface area contributed by atoms with Gasteiger partial charge in [0.05, 0.1) is 13.2 Å². The molecule has 3 N–H and O–H groups in total. The van der Waals surface area contributed by atoms with Crippen LogP contribution in [0.4, 0.5) is 0 Å². The Morgan fingerprint density at radius 2 is 0.515 bits per heavy atom. The van der Waals surface area contributed by atoms with Crippen molar-refractivity contribution >= 4 is 19.8 Å². The summed E-state index contributed by atoms with van der Waals surface area (Å²) >= 11 is 0. The molecule has 2 atom stereocenters. The third-order valence-corrected chi connectivity index (χ3v) is 20.1. The highest BCUT2D eigenvalue weighted by molar-refractivity contribution is 7.47. The van der Waals surface area contributed by atoms with Crippen LogP contribution in [0.25, 0.3) is 0 Å². The van der Waals surface area contributed by atoms with E-state index in [1.807, 2.05) is 0 Å². The van der Waals surface area contributed by atoms with Crippen molar-refractivity contribution < 1.29 is 37.6 Å². The van der Waals surface area contributed by atoms with Gasteiger partial charge < -0.3 is 20.1 Å². The Morgan fingerprint density at radius 1 is 0.297 bits per heavy atom. The van der Waals surface area contributed by atoms with Crippen LogP contribution >= 0.6 is 7.82 Å². The van der Waals surface area contributed by atoms with E-state index >= 15 is 0 Å². The third-order valence-electron chi connectivity index (χ3n) is 19.2. The number of carbonyl (C=O) groups is 2. The summed E-state index contributed by atoms with van der Waals surface area (Å²) in [6, 6.07) is 0. The normalized spacial score (nSPS) is 13.3. The maximum Gasteiger partial charge on any atom is 0.472 e. The third kappa shape index (κ3) is 85.5. The van der Waals surface area contributed by atoms with Crippen molar-refractivity contribution in [2.75, 3.05) is 26.4 Å². The fraction of sp³-hybridized carbons (Fsp3) is 0.780. The SMILES string of the molecule is CC/C=C\C/C=C\C/C=C\C/C=C\C/C=C\CCCCCCCCCCCCCCCCCCCCCCCCCCCC(=O)OC(COC(=O)CCCCCCCCCCCCCCCCCCCCCCCCCCCC/C=C\C/C=C\C/C=C\C/C=C\CC)COP(=O)(O)OCCN. The van der Waals surface area contributed by atoms with E-state index in [0.717, 1.165) is 89.9 Å². The van der Waals surface area contributed by atoms with E-state index in [-0.39, 0.29) is 38.6 Å². The van der Waals surface area contributed by atoms with Crippen LogP contribution in [-0.4, -0.2) is 49.3 Å². The lowest BCUT2D eigenvalue weighted by molar-refractivity contribution is -0.161. The minimum Gasteiger partial charge on any atom is -0.462 e. The molecule has 10 heteroatoms. The smallest absolute Gasteiger partial charge is 0.462 e. The second-order valence-corrected chi connectivity index (χ2v) is 30.5. The Balaban J connectivity index is 3.72. The van der Waals surface area contributed by atoms with Crippen LogP contribution < -0.4 is 5.73 Å². The number of esters is 2. The molecule has 9 nitrogen and oxygen atoms in total. The van der Waals surface area contributed by atoms with Crippen LogP contribution in [0, 0.1) is 0 Å². The number of phosphoric acid groups is 1. The minimum atomic E-state index is -4.40. The number of phosphoric ester groups is 1. The van der Waals surface area contributed by atoms with Crippen molar-refractivity contribution in [2.45, 2.75) is 431 Å². The van der Waals surface area contributed by atoms with Crippen LogP contribution in [0.5, 0.6) is 0 Å². The van der Waals surface area contributed by atoms with Gasteiger partial charge in [-0.25, -0.2) is 4.57 Å². The lowest BCUT2D eigenvalue weighted by Crippen LogP contribution is -2.29. The number of unbranched alkanes of at least 4 members (excludes halogenated alkanes) is 51. The van der Waals surface area contributed by atoms with E-state index in [1.54, 1.807) is 0 Å². The minimum absolute atomic E-state index is 0.0543. The van der Waals surface area contributed by atoms with Crippen LogP contribution in [-0.2, 0) is 32.7 Å². The molecule has 0 heterocycles. The van der Waals surface area contributed by atoms with E-state index < -0.39 is 26.5 Å². The first-order chi connectivity index (χ1) is 49.8. The largest absolute Gasteiger partial charge is 0.472 e. The Morgan fingerprint density at radius 3 is 0.762 bits per heavy atom. The van der Waals surface area contributed by atoms with Crippen molar-refractivity contribution in [3.63, 3.8) is 0 Å². The fourth-order valence-corrected chi connectivity index (χ4v) is 13.6. The first-order valence-electron chi connectivity index (χ1n) is 43.4. The Kier molecular flexibility index (Phi) is 82.8. The molecule has 0 aromatic rings. The Hall–Kier alpha value is -3.33. The maximum absolute atomic E-state index is 12.8. The van der Waals surface area contributed by atoms with Crippen molar-refractivity contribution in [1.82, 2.24) is 0 Å². The highest BCUT2D eigenvalue weighted by atomic mass is 31.2. The van der Waals surface area contributed by atoms with Gasteiger partial charge >= 0.3 is 19.8 Å². The van der Waals surface area contributed by atoms with Crippen LogP contribution in [0.1, 0.15) is 425 Å². The summed E-state index contributed by atoms with van der Waals surface area (Å²) in [4.78, 5) is 35.5. The summed E-state index contributed by atoms with van der Waals surface area (Å²) in [6.45, 7) is 3.58. The summed E-state index contributed by atoms with van der Waals surface area (Å²) in [5, 5.41) is 0. The molecule has 0 rings (SSSR count). The number of ether oxygens (including phenoxy) is 2. The highest BCUT2D eigenvalue weighted by Gasteiger charge is 2.26. The van der Waals surface area contributed by atoms with Crippen LogP contribution in [0.3, 0.4) is 0 Å². The van der Waals surface area contributed by atoms with Gasteiger partial charge in [0.25, 0.3) is 0 Å². The predicted octanol–water partition coefficient (Wildman–Crippen LogP) is 29.5. The maximum atomic E-state index is 12.8. The molecule has 0 amide bonds. The number of hydrogen-bond donors (Lipinski definition) is 2. The second kappa shape index (κ2) is 85.6. The van der Waals surface area contributed by atoms with E-state index in [1.165, 1.54) is 302 Å². The summed E-state index contributed by atoms with van der Waals surface area (Å²) < 4.78 is 33.3. The molecule has 0 aliphatic carbocycles. The molecule has 0 aliphatic rings. The van der Waals surface area contributed by atoms with Gasteiger partial charge in [0.2, 0.25) is 0 Å². The van der Waals surface area contributed by atoms with Crippen molar-refractivity contribution in [2.24, 2.45) is 5.73 Å². The molecule has 0 spiro atoms. The van der Waals surface area contributed by atoms with Crippen molar-refractivity contribution in [3.8, 4) is 0 Å². The molecule has 2 unspecified atom stereocenters. The summed E-state index contributed by atoms with van der Waals surface area (Å²) in [6.07, 6.45) is 120. The first-order valence-corrected chi connectivity index (χ1v) is 44.9. The number of allylic oxidation sites excluding steroid dienone is 18. The van der Waals surface area contributed by atoms with Crippen molar-refractivity contribution in [3.05, 3.63) is 109 Å². The summed E-state index contributed by atoms with van der Waals surface area (Å²) in [5.74, 6) is -0.804. The van der Waals surface area contributed by atoms with E-state index in [2.05, 4.69) is 123 Å². The molecule has 586 valence electrons. The highest BCUT2D eigenvalue weighted by Crippen LogP contribution is 2.43. The zero-order valence-electron chi connectivity index (χ0n) is 66.4. The second-order valence-electron chi connectivity index (χ2n) is 29.0. The van der Waals surface area contributed by atoms with Gasteiger partial charge in [-0.05, 0) is 96.3 Å². The summed E-state index contributed by atoms with van der Waals surface area (Å²) in [5.41, 5.74) is 5.42. The molecule has 0 bridgehead atoms. The summed E-state index contributed by atoms with van der Waals surface area (Å²) in [7, 11) is -4.40. The fourth-order valence-electron chi connectivity index (χ4n) is 12.8. The molecule has 0 aromatic carbocycles. The lowest BCUT2D eigenvalue weighted by atomic mass is 10.0. The molecule has 101 heavy (non-hydrogen) atoms. The number of carbonyl (C=O) groups excluding carboxylic acids is 2. The number of nitrogens with two attached hydrogens (primary N) is 1. The predicted molar refractivity (Wildman–Crippen MR) is 441 cm³/mol. The standard InChI is InChI=1S/C91H164NO8P/c1-3-5-7-9-11-13-15-17-19-21-23-25-27-29-31-33-35-37-39-41-43-44-46-48-50-52-54-56-58-60-62-64-66-68-70-72-74-76-78-80-82-84-91(94)100-89(88-99-101(95,96)98-86-85-92)87-97-90(93)83-81-79-77-75-73-71-69-67-65-63-61-59-57-55-53-51-49-47-45-42-40-38-36-34-32-30-28-26-24-22-20-18-16-14-12-10-8-6-4-2/h5-8,11-14,17-20,23-26,29,31,89H,3-4,9-10,15-16,21-22,27-28,30,32-88,92H2,1-2H3,(H,95,96)/b7-5-,8-6-,13-11-,14-12-,19-17-,20-18-,25-23-,26-24-,31-29-. The Labute approximate surface area is 626 Å². The quantitative estimate of drug-likeness (QED) is 0.0264. The number of hydrogen-bond acceptors (Lipinski definition) is 8. The van der Waals surface area contributed by atoms with Crippen LogP contribution in [0.2, 0.25) is 0 Å². The Bertz CT molecular complexity index is 2040. The van der Waals surface area contributed by atoms with Gasteiger partial charge in [-0.15, -0.1) is 0 Å². The van der Waals surface area contributed by atoms with E-state index in [0.29, 0.717) is 6.42 Å².